The van der Waals surface area contributed by atoms with Crippen LogP contribution in [-0.2, 0) is 14.8 Å². The monoisotopic (exact) mass is 424 g/mol. The number of sulfonamides is 1. The molecule has 0 bridgehead atoms. The maximum absolute atomic E-state index is 12.8. The summed E-state index contributed by atoms with van der Waals surface area (Å²) in [5.41, 5.74) is 2.79. The summed E-state index contributed by atoms with van der Waals surface area (Å²) < 4.78 is 32.0. The van der Waals surface area contributed by atoms with Gasteiger partial charge in [0.2, 0.25) is 15.9 Å². The quantitative estimate of drug-likeness (QED) is 0.606. The number of para-hydroxylation sites is 4. The van der Waals surface area contributed by atoms with Crippen molar-refractivity contribution in [3.8, 4) is 11.5 Å². The maximum Gasteiger partial charge on any atom is 0.245 e. The van der Waals surface area contributed by atoms with Crippen LogP contribution in [0.4, 0.5) is 11.4 Å². The molecule has 0 aliphatic heterocycles. The lowest BCUT2D eigenvalue weighted by molar-refractivity contribution is -0.114. The summed E-state index contributed by atoms with van der Waals surface area (Å²) in [6, 6.07) is 21.5. The molecular formula is C23H24N2O4S. The van der Waals surface area contributed by atoms with Crippen LogP contribution in [0.3, 0.4) is 0 Å². The number of carbonyl (C=O) groups is 1. The molecule has 0 aliphatic carbocycles. The third-order valence-electron chi connectivity index (χ3n) is 4.54. The first-order valence-corrected chi connectivity index (χ1v) is 11.3. The van der Waals surface area contributed by atoms with E-state index >= 15 is 0 Å². The second-order valence-electron chi connectivity index (χ2n) is 6.97. The first-order chi connectivity index (χ1) is 14.3. The molecule has 1 amide bonds. The Morgan fingerprint density at radius 1 is 0.900 bits per heavy atom. The van der Waals surface area contributed by atoms with Crippen molar-refractivity contribution in [2.24, 2.45) is 0 Å². The molecule has 3 aromatic carbocycles. The van der Waals surface area contributed by atoms with E-state index in [1.54, 1.807) is 36.4 Å². The molecule has 0 unspecified atom stereocenters. The van der Waals surface area contributed by atoms with Gasteiger partial charge in [0.15, 0.2) is 5.75 Å². The zero-order chi connectivity index (χ0) is 21.7. The van der Waals surface area contributed by atoms with Gasteiger partial charge in [0.1, 0.15) is 12.3 Å². The molecule has 7 heteroatoms. The third kappa shape index (κ3) is 5.18. The van der Waals surface area contributed by atoms with Gasteiger partial charge in [-0.2, -0.15) is 0 Å². The molecule has 6 nitrogen and oxygen atoms in total. The summed E-state index contributed by atoms with van der Waals surface area (Å²) in [5, 5.41) is 2.83. The van der Waals surface area contributed by atoms with E-state index in [1.807, 2.05) is 50.2 Å². The van der Waals surface area contributed by atoms with Crippen LogP contribution < -0.4 is 14.4 Å². The van der Waals surface area contributed by atoms with Gasteiger partial charge in [-0.3, -0.25) is 9.10 Å². The van der Waals surface area contributed by atoms with Crippen LogP contribution in [0.25, 0.3) is 0 Å². The number of hydrogen-bond donors (Lipinski definition) is 1. The Morgan fingerprint density at radius 2 is 1.50 bits per heavy atom. The molecule has 30 heavy (non-hydrogen) atoms. The molecule has 0 radical (unpaired) electrons. The largest absolute Gasteiger partial charge is 0.455 e. The van der Waals surface area contributed by atoms with Crippen LogP contribution in [-0.4, -0.2) is 27.1 Å². The van der Waals surface area contributed by atoms with Crippen LogP contribution in [0.1, 0.15) is 11.1 Å². The fourth-order valence-electron chi connectivity index (χ4n) is 3.07. The van der Waals surface area contributed by atoms with Crippen molar-refractivity contribution in [2.45, 2.75) is 13.8 Å². The summed E-state index contributed by atoms with van der Waals surface area (Å²) in [6.07, 6.45) is 1.07. The number of carbonyl (C=O) groups excluding carboxylic acids is 1. The third-order valence-corrected chi connectivity index (χ3v) is 5.66. The van der Waals surface area contributed by atoms with Gasteiger partial charge in [-0.15, -0.1) is 0 Å². The molecule has 0 spiro atoms. The van der Waals surface area contributed by atoms with Crippen molar-refractivity contribution < 1.29 is 17.9 Å². The Morgan fingerprint density at radius 3 is 2.13 bits per heavy atom. The number of aryl methyl sites for hydroxylation is 2. The van der Waals surface area contributed by atoms with E-state index in [9.17, 15) is 13.2 Å². The lowest BCUT2D eigenvalue weighted by Gasteiger charge is -2.24. The number of hydrogen-bond acceptors (Lipinski definition) is 4. The van der Waals surface area contributed by atoms with Crippen molar-refractivity contribution in [3.05, 3.63) is 83.9 Å². The van der Waals surface area contributed by atoms with Gasteiger partial charge in [0.25, 0.3) is 0 Å². The topological polar surface area (TPSA) is 75.7 Å². The molecule has 156 valence electrons. The van der Waals surface area contributed by atoms with Gasteiger partial charge in [0, 0.05) is 5.69 Å². The van der Waals surface area contributed by atoms with E-state index in [1.165, 1.54) is 0 Å². The number of benzene rings is 3. The summed E-state index contributed by atoms with van der Waals surface area (Å²) in [6.45, 7) is 3.40. The second kappa shape index (κ2) is 9.00. The van der Waals surface area contributed by atoms with Crippen molar-refractivity contribution >= 4 is 27.3 Å². The maximum atomic E-state index is 12.8. The highest BCUT2D eigenvalue weighted by atomic mass is 32.2. The van der Waals surface area contributed by atoms with Gasteiger partial charge in [0.05, 0.1) is 11.9 Å². The van der Waals surface area contributed by atoms with Crippen LogP contribution >= 0.6 is 0 Å². The smallest absolute Gasteiger partial charge is 0.245 e. The molecule has 3 aromatic rings. The zero-order valence-electron chi connectivity index (χ0n) is 17.1. The highest BCUT2D eigenvalue weighted by Crippen LogP contribution is 2.33. The van der Waals surface area contributed by atoms with Crippen molar-refractivity contribution in [3.63, 3.8) is 0 Å². The molecule has 1 N–H and O–H groups in total. The van der Waals surface area contributed by atoms with Gasteiger partial charge < -0.3 is 10.1 Å². The Bertz CT molecular complexity index is 1120. The van der Waals surface area contributed by atoms with E-state index in [2.05, 4.69) is 5.32 Å². The normalized spacial score (nSPS) is 11.0. The minimum Gasteiger partial charge on any atom is -0.455 e. The summed E-state index contributed by atoms with van der Waals surface area (Å²) in [4.78, 5) is 12.8. The molecule has 0 aromatic heterocycles. The summed E-state index contributed by atoms with van der Waals surface area (Å²) in [5.74, 6) is 0.472. The average Bonchev–Trinajstić information content (AvgIpc) is 2.70. The molecule has 3 rings (SSSR count). The summed E-state index contributed by atoms with van der Waals surface area (Å²) in [7, 11) is -3.75. The van der Waals surface area contributed by atoms with Gasteiger partial charge in [-0.05, 0) is 49.2 Å². The predicted octanol–water partition coefficient (Wildman–Crippen LogP) is 4.50. The standard InChI is InChI=1S/C23H24N2O4S/c1-17-10-9-11-18(2)23(17)24-22(26)16-25(30(3,27)28)20-14-7-8-15-21(20)29-19-12-5-4-6-13-19/h4-15H,16H2,1-3H3,(H,24,26). The fourth-order valence-corrected chi connectivity index (χ4v) is 3.93. The molecular weight excluding hydrogens is 400 g/mol. The highest BCUT2D eigenvalue weighted by Gasteiger charge is 2.24. The first-order valence-electron chi connectivity index (χ1n) is 9.41. The van der Waals surface area contributed by atoms with Crippen LogP contribution in [0.5, 0.6) is 11.5 Å². The van der Waals surface area contributed by atoms with Crippen molar-refractivity contribution in [2.75, 3.05) is 22.4 Å². The van der Waals surface area contributed by atoms with E-state index in [4.69, 9.17) is 4.74 Å². The number of rotatable bonds is 7. The van der Waals surface area contributed by atoms with E-state index < -0.39 is 15.9 Å². The van der Waals surface area contributed by atoms with E-state index in [0.717, 1.165) is 21.7 Å². The van der Waals surface area contributed by atoms with Crippen molar-refractivity contribution in [1.82, 2.24) is 0 Å². The zero-order valence-corrected chi connectivity index (χ0v) is 17.9. The molecule has 0 saturated heterocycles. The van der Waals surface area contributed by atoms with Gasteiger partial charge >= 0.3 is 0 Å². The van der Waals surface area contributed by atoms with Crippen LogP contribution in [0.2, 0.25) is 0 Å². The number of nitrogens with zero attached hydrogens (tertiary/aromatic N) is 1. The molecule has 0 heterocycles. The SMILES string of the molecule is Cc1cccc(C)c1NC(=O)CN(c1ccccc1Oc1ccccc1)S(C)(=O)=O. The predicted molar refractivity (Wildman–Crippen MR) is 120 cm³/mol. The molecule has 0 atom stereocenters. The average molecular weight is 425 g/mol. The number of nitrogens with one attached hydrogen (secondary N) is 1. The second-order valence-corrected chi connectivity index (χ2v) is 8.87. The summed E-state index contributed by atoms with van der Waals surface area (Å²) >= 11 is 0. The van der Waals surface area contributed by atoms with Crippen LogP contribution in [0, 0.1) is 13.8 Å². The Balaban J connectivity index is 1.90. The van der Waals surface area contributed by atoms with Gasteiger partial charge in [-0.1, -0.05) is 48.5 Å². The molecule has 0 saturated carbocycles. The Hall–Kier alpha value is -3.32. The Kier molecular flexibility index (Phi) is 6.42. The highest BCUT2D eigenvalue weighted by molar-refractivity contribution is 7.92. The lowest BCUT2D eigenvalue weighted by Crippen LogP contribution is -2.37. The number of anilines is 2. The minimum absolute atomic E-state index is 0.292. The van der Waals surface area contributed by atoms with Gasteiger partial charge in [-0.25, -0.2) is 8.42 Å². The first kappa shape index (κ1) is 21.4. The number of amides is 1. The van der Waals surface area contributed by atoms with Crippen molar-refractivity contribution in [1.29, 1.82) is 0 Å². The van der Waals surface area contributed by atoms with E-state index in [-0.39, 0.29) is 6.54 Å². The fraction of sp³-hybridized carbons (Fsp3) is 0.174. The van der Waals surface area contributed by atoms with E-state index in [0.29, 0.717) is 22.9 Å². The lowest BCUT2D eigenvalue weighted by atomic mass is 10.1. The molecule has 0 aliphatic rings. The minimum atomic E-state index is -3.75. The number of ether oxygens (including phenoxy) is 1. The Labute approximate surface area is 177 Å². The molecule has 0 fully saturated rings. The van der Waals surface area contributed by atoms with Crippen LogP contribution in [0.15, 0.2) is 72.8 Å².